The highest BCUT2D eigenvalue weighted by Crippen LogP contribution is 2.35. The summed E-state index contributed by atoms with van der Waals surface area (Å²) in [6.45, 7) is 2.14. The topological polar surface area (TPSA) is 87.3 Å². The van der Waals surface area contributed by atoms with Crippen LogP contribution in [0, 0.1) is 0 Å². The van der Waals surface area contributed by atoms with E-state index in [1.165, 1.54) is 11.1 Å². The molecule has 2 N–H and O–H groups in total. The Kier molecular flexibility index (Phi) is 4.73. The van der Waals surface area contributed by atoms with Crippen molar-refractivity contribution < 1.29 is 9.84 Å². The SMILES string of the molecule is COc1cc(Nc2nc(-c3ccc4c(c3)CN=C4)cn3ccnc23)ccc1N1CC[C@H](O)C1. The van der Waals surface area contributed by atoms with E-state index in [1.54, 1.807) is 13.3 Å². The van der Waals surface area contributed by atoms with Crippen LogP contribution in [0.3, 0.4) is 0 Å². The van der Waals surface area contributed by atoms with Crippen LogP contribution in [0.4, 0.5) is 17.2 Å². The predicted octanol–water partition coefficient (Wildman–Crippen LogP) is 3.65. The summed E-state index contributed by atoms with van der Waals surface area (Å²) in [5.74, 6) is 1.42. The largest absolute Gasteiger partial charge is 0.495 e. The Balaban J connectivity index is 1.35. The van der Waals surface area contributed by atoms with Crippen molar-refractivity contribution in [1.29, 1.82) is 0 Å². The van der Waals surface area contributed by atoms with E-state index in [9.17, 15) is 5.11 Å². The first-order valence-electron chi connectivity index (χ1n) is 11.0. The van der Waals surface area contributed by atoms with Crippen molar-refractivity contribution in [2.45, 2.75) is 19.1 Å². The van der Waals surface area contributed by atoms with Gasteiger partial charge in [-0.3, -0.25) is 4.99 Å². The number of hydrogen-bond acceptors (Lipinski definition) is 7. The molecule has 8 heteroatoms. The van der Waals surface area contributed by atoms with E-state index in [2.05, 4.69) is 38.4 Å². The first-order chi connectivity index (χ1) is 16.2. The molecule has 166 valence electrons. The third-order valence-electron chi connectivity index (χ3n) is 6.25. The maximum Gasteiger partial charge on any atom is 0.180 e. The number of benzene rings is 2. The molecule has 1 saturated heterocycles. The van der Waals surface area contributed by atoms with Gasteiger partial charge in [-0.05, 0) is 35.7 Å². The fourth-order valence-electron chi connectivity index (χ4n) is 4.54. The zero-order valence-electron chi connectivity index (χ0n) is 18.3. The van der Waals surface area contributed by atoms with Crippen LogP contribution in [0.5, 0.6) is 5.75 Å². The second kappa shape index (κ2) is 7.90. The number of imidazole rings is 1. The molecule has 0 saturated carbocycles. The molecule has 1 atom stereocenters. The first kappa shape index (κ1) is 19.8. The lowest BCUT2D eigenvalue weighted by Crippen LogP contribution is -2.21. The van der Waals surface area contributed by atoms with E-state index < -0.39 is 0 Å². The molecular weight excluding hydrogens is 416 g/mol. The fourth-order valence-corrected chi connectivity index (χ4v) is 4.54. The number of β-amino-alcohol motifs (C(OH)–C–C–N with tert-alkyl or cyclic N) is 1. The van der Waals surface area contributed by atoms with Crippen LogP contribution in [0.15, 0.2) is 60.0 Å². The van der Waals surface area contributed by atoms with Crippen LogP contribution in [0.2, 0.25) is 0 Å². The number of fused-ring (bicyclic) bond motifs is 2. The second-order valence-electron chi connectivity index (χ2n) is 8.42. The Morgan fingerprint density at radius 1 is 1.18 bits per heavy atom. The number of hydrogen-bond donors (Lipinski definition) is 2. The molecule has 4 heterocycles. The number of nitrogens with one attached hydrogen (secondary N) is 1. The van der Waals surface area contributed by atoms with Crippen molar-refractivity contribution in [3.63, 3.8) is 0 Å². The normalized spacial score (nSPS) is 17.0. The van der Waals surface area contributed by atoms with Gasteiger partial charge in [-0.15, -0.1) is 0 Å². The highest BCUT2D eigenvalue weighted by molar-refractivity contribution is 5.86. The minimum atomic E-state index is -0.293. The number of rotatable bonds is 5. The molecule has 6 rings (SSSR count). The maximum absolute atomic E-state index is 9.91. The smallest absolute Gasteiger partial charge is 0.180 e. The fraction of sp³-hybridized carbons (Fsp3) is 0.240. The van der Waals surface area contributed by atoms with Crippen LogP contribution in [0.1, 0.15) is 17.5 Å². The Morgan fingerprint density at radius 2 is 2.12 bits per heavy atom. The van der Waals surface area contributed by atoms with Crippen molar-refractivity contribution in [3.05, 3.63) is 66.1 Å². The Morgan fingerprint density at radius 3 is 2.97 bits per heavy atom. The van der Waals surface area contributed by atoms with Crippen molar-refractivity contribution in [2.24, 2.45) is 4.99 Å². The van der Waals surface area contributed by atoms with Crippen molar-refractivity contribution in [1.82, 2.24) is 14.4 Å². The average Bonchev–Trinajstić information content (AvgIpc) is 3.59. The van der Waals surface area contributed by atoms with Crippen LogP contribution in [-0.4, -0.2) is 52.0 Å². The third kappa shape index (κ3) is 3.58. The minimum Gasteiger partial charge on any atom is -0.495 e. The lowest BCUT2D eigenvalue weighted by Gasteiger charge is -2.21. The Bertz CT molecular complexity index is 1380. The van der Waals surface area contributed by atoms with Gasteiger partial charge in [0.25, 0.3) is 0 Å². The monoisotopic (exact) mass is 440 g/mol. The number of aromatic nitrogens is 3. The lowest BCUT2D eigenvalue weighted by atomic mass is 10.0. The van der Waals surface area contributed by atoms with E-state index in [1.807, 2.05) is 41.2 Å². The molecule has 4 aromatic rings. The first-order valence-corrected chi connectivity index (χ1v) is 11.0. The van der Waals surface area contributed by atoms with Crippen molar-refractivity contribution >= 4 is 29.1 Å². The standard InChI is InChI=1S/C25H24N6O2/c1-33-23-11-19(4-5-22(23)30-8-6-20(32)14-30)28-24-25-27-7-9-31(25)15-21(29-24)16-2-3-17-12-26-13-18(17)10-16/h2-5,7,9-12,15,20,32H,6,8,13-14H2,1H3,(H,28,29)/t20-/m0/s1. The number of aliphatic hydroxyl groups is 1. The maximum atomic E-state index is 9.91. The van der Waals surface area contributed by atoms with E-state index >= 15 is 0 Å². The van der Waals surface area contributed by atoms with Crippen LogP contribution < -0.4 is 15.0 Å². The number of aliphatic imine (C=N–C) groups is 1. The summed E-state index contributed by atoms with van der Waals surface area (Å²) in [6, 6.07) is 12.3. The van der Waals surface area contributed by atoms with Gasteiger partial charge in [-0.1, -0.05) is 12.1 Å². The molecule has 2 aliphatic rings. The molecule has 0 unspecified atom stereocenters. The molecule has 8 nitrogen and oxygen atoms in total. The average molecular weight is 441 g/mol. The molecule has 1 fully saturated rings. The summed E-state index contributed by atoms with van der Waals surface area (Å²) >= 11 is 0. The zero-order valence-corrected chi connectivity index (χ0v) is 18.3. The second-order valence-corrected chi connectivity index (χ2v) is 8.42. The quantitative estimate of drug-likeness (QED) is 0.493. The van der Waals surface area contributed by atoms with Crippen LogP contribution >= 0.6 is 0 Å². The summed E-state index contributed by atoms with van der Waals surface area (Å²) in [7, 11) is 1.67. The van der Waals surface area contributed by atoms with Gasteiger partial charge in [0.05, 0.1) is 31.1 Å². The van der Waals surface area contributed by atoms with Gasteiger partial charge in [0.15, 0.2) is 11.5 Å². The number of ether oxygens (including phenoxy) is 1. The number of nitrogens with zero attached hydrogens (tertiary/aromatic N) is 5. The van der Waals surface area contributed by atoms with Crippen molar-refractivity contribution in [3.8, 4) is 17.0 Å². The van der Waals surface area contributed by atoms with Gasteiger partial charge < -0.3 is 24.5 Å². The molecule has 2 aromatic carbocycles. The highest BCUT2D eigenvalue weighted by atomic mass is 16.5. The molecule has 0 bridgehead atoms. The molecule has 33 heavy (non-hydrogen) atoms. The van der Waals surface area contributed by atoms with Gasteiger partial charge in [0, 0.05) is 55.2 Å². The summed E-state index contributed by atoms with van der Waals surface area (Å²) < 4.78 is 7.64. The van der Waals surface area contributed by atoms with Crippen LogP contribution in [0.25, 0.3) is 16.9 Å². The molecular formula is C25H24N6O2. The predicted molar refractivity (Wildman–Crippen MR) is 129 cm³/mol. The van der Waals surface area contributed by atoms with E-state index in [0.29, 0.717) is 18.9 Å². The van der Waals surface area contributed by atoms with E-state index in [-0.39, 0.29) is 6.10 Å². The third-order valence-corrected chi connectivity index (χ3v) is 6.25. The zero-order chi connectivity index (χ0) is 22.4. The summed E-state index contributed by atoms with van der Waals surface area (Å²) in [5.41, 5.74) is 6.85. The van der Waals surface area contributed by atoms with Gasteiger partial charge in [0.1, 0.15) is 5.75 Å². The van der Waals surface area contributed by atoms with E-state index in [4.69, 9.17) is 9.72 Å². The summed E-state index contributed by atoms with van der Waals surface area (Å²) in [4.78, 5) is 15.9. The molecule has 0 amide bonds. The minimum absolute atomic E-state index is 0.293. The number of aliphatic hydroxyl groups excluding tert-OH is 1. The molecule has 2 aliphatic heterocycles. The molecule has 0 spiro atoms. The Labute approximate surface area is 191 Å². The summed E-state index contributed by atoms with van der Waals surface area (Å²) in [6.07, 6.45) is 8.08. The van der Waals surface area contributed by atoms with Gasteiger partial charge >= 0.3 is 0 Å². The highest BCUT2D eigenvalue weighted by Gasteiger charge is 2.23. The number of anilines is 3. The lowest BCUT2D eigenvalue weighted by molar-refractivity contribution is 0.198. The Hall–Kier alpha value is -3.91. The van der Waals surface area contributed by atoms with Gasteiger partial charge in [0.2, 0.25) is 0 Å². The van der Waals surface area contributed by atoms with Crippen LogP contribution in [-0.2, 0) is 6.54 Å². The van der Waals surface area contributed by atoms with Gasteiger partial charge in [-0.2, -0.15) is 0 Å². The van der Waals surface area contributed by atoms with Gasteiger partial charge in [-0.25, -0.2) is 9.97 Å². The van der Waals surface area contributed by atoms with E-state index in [0.717, 1.165) is 47.0 Å². The van der Waals surface area contributed by atoms with Crippen molar-refractivity contribution in [2.75, 3.05) is 30.4 Å². The molecule has 0 radical (unpaired) electrons. The molecule has 2 aromatic heterocycles. The number of methoxy groups -OCH3 is 1. The summed E-state index contributed by atoms with van der Waals surface area (Å²) in [5, 5.41) is 13.3. The molecule has 0 aliphatic carbocycles.